The number of H-pyrrole nitrogens is 1. The lowest BCUT2D eigenvalue weighted by molar-refractivity contribution is -0.137. The molecule has 9 heteroatoms. The van der Waals surface area contributed by atoms with Crippen LogP contribution in [0.25, 0.3) is 0 Å². The first kappa shape index (κ1) is 13.7. The first-order valence-corrected chi connectivity index (χ1v) is 5.34. The summed E-state index contributed by atoms with van der Waals surface area (Å²) in [4.78, 5) is 13.2. The maximum absolute atomic E-state index is 12.7. The van der Waals surface area contributed by atoms with Crippen molar-refractivity contribution in [3.63, 3.8) is 0 Å². The number of hydrogen-bond acceptors (Lipinski definition) is 5. The fourth-order valence-corrected chi connectivity index (χ4v) is 1.39. The van der Waals surface area contributed by atoms with E-state index in [0.29, 0.717) is 0 Å². The largest absolute Gasteiger partial charge is 0.417 e. The smallest absolute Gasteiger partial charge is 0.289 e. The van der Waals surface area contributed by atoms with Gasteiger partial charge in [-0.05, 0) is 6.07 Å². The molecule has 1 heterocycles. The highest BCUT2D eigenvalue weighted by Crippen LogP contribution is 2.30. The molecule has 0 aliphatic heterocycles. The van der Waals surface area contributed by atoms with E-state index in [1.807, 2.05) is 0 Å². The molecule has 1 aromatic heterocycles. The van der Waals surface area contributed by atoms with Gasteiger partial charge in [0.25, 0.3) is 5.56 Å². The van der Waals surface area contributed by atoms with Gasteiger partial charge in [-0.3, -0.25) is 9.78 Å². The molecule has 0 atom stereocenters. The van der Waals surface area contributed by atoms with Gasteiger partial charge in [-0.15, -0.1) is 10.2 Å². The lowest BCUT2D eigenvalue weighted by Gasteiger charge is -2.09. The predicted octanol–water partition coefficient (Wildman–Crippen LogP) is 1.63. The molecule has 0 aliphatic carbocycles. The molecule has 0 unspecified atom stereocenters. The second-order valence-electron chi connectivity index (χ2n) is 3.64. The van der Waals surface area contributed by atoms with E-state index in [-0.39, 0.29) is 11.5 Å². The van der Waals surface area contributed by atoms with Crippen molar-refractivity contribution in [2.75, 3.05) is 5.43 Å². The normalized spacial score (nSPS) is 11.8. The standard InChI is InChI=1S/C11H8F3N5O/c12-11(13,14)8-4-2-1-3-7(8)5-15-18-10-17-9(20)6-16-19-10/h1-6H,(H2,17,18,19,20)/b15-5+. The summed E-state index contributed by atoms with van der Waals surface area (Å²) in [5.74, 6) is -0.0711. The Morgan fingerprint density at radius 1 is 1.30 bits per heavy atom. The molecule has 0 saturated heterocycles. The molecule has 2 aromatic rings. The van der Waals surface area contributed by atoms with Gasteiger partial charge in [-0.25, -0.2) is 5.43 Å². The third-order valence-electron chi connectivity index (χ3n) is 2.21. The zero-order valence-corrected chi connectivity index (χ0v) is 9.85. The predicted molar refractivity (Wildman–Crippen MR) is 65.3 cm³/mol. The van der Waals surface area contributed by atoms with E-state index in [4.69, 9.17) is 0 Å². The van der Waals surface area contributed by atoms with E-state index in [2.05, 4.69) is 25.7 Å². The molecule has 6 nitrogen and oxygen atoms in total. The van der Waals surface area contributed by atoms with E-state index in [0.717, 1.165) is 18.5 Å². The summed E-state index contributed by atoms with van der Waals surface area (Å²) in [6, 6.07) is 4.97. The Balaban J connectivity index is 2.18. The second-order valence-corrected chi connectivity index (χ2v) is 3.64. The molecule has 0 amide bonds. The van der Waals surface area contributed by atoms with Gasteiger partial charge in [0.05, 0.1) is 11.8 Å². The van der Waals surface area contributed by atoms with Crippen molar-refractivity contribution in [1.82, 2.24) is 15.2 Å². The summed E-state index contributed by atoms with van der Waals surface area (Å²) < 4.78 is 38.1. The van der Waals surface area contributed by atoms with Crippen molar-refractivity contribution in [2.24, 2.45) is 5.10 Å². The van der Waals surface area contributed by atoms with Crippen LogP contribution in [0, 0.1) is 0 Å². The molecule has 0 radical (unpaired) electrons. The minimum atomic E-state index is -4.47. The Hall–Kier alpha value is -2.71. The molecule has 20 heavy (non-hydrogen) atoms. The fourth-order valence-electron chi connectivity index (χ4n) is 1.39. The molecule has 1 aromatic carbocycles. The van der Waals surface area contributed by atoms with Gasteiger partial charge in [-0.2, -0.15) is 18.3 Å². The number of hydrazone groups is 1. The summed E-state index contributed by atoms with van der Waals surface area (Å²) in [7, 11) is 0. The SMILES string of the molecule is O=c1cnnc(N/N=C/c2ccccc2C(F)(F)F)[nH]1. The molecule has 0 bridgehead atoms. The van der Waals surface area contributed by atoms with Crippen molar-refractivity contribution in [2.45, 2.75) is 6.18 Å². The van der Waals surface area contributed by atoms with Crippen molar-refractivity contribution in [1.29, 1.82) is 0 Å². The average Bonchev–Trinajstić information content (AvgIpc) is 2.38. The van der Waals surface area contributed by atoms with Crippen LogP contribution in [0.2, 0.25) is 0 Å². The van der Waals surface area contributed by atoms with Crippen molar-refractivity contribution in [3.05, 3.63) is 51.9 Å². The van der Waals surface area contributed by atoms with Gasteiger partial charge in [0.1, 0.15) is 6.20 Å². The number of benzene rings is 1. The molecule has 0 aliphatic rings. The molecule has 104 valence electrons. The first-order chi connectivity index (χ1) is 9.47. The lowest BCUT2D eigenvalue weighted by Crippen LogP contribution is -2.11. The molecule has 0 fully saturated rings. The number of hydrogen-bond donors (Lipinski definition) is 2. The summed E-state index contributed by atoms with van der Waals surface area (Å²) >= 11 is 0. The number of nitrogens with one attached hydrogen (secondary N) is 2. The van der Waals surface area contributed by atoms with Crippen molar-refractivity contribution >= 4 is 12.2 Å². The van der Waals surface area contributed by atoms with Crippen LogP contribution in [0.15, 0.2) is 40.4 Å². The maximum Gasteiger partial charge on any atom is 0.417 e. The lowest BCUT2D eigenvalue weighted by atomic mass is 10.1. The summed E-state index contributed by atoms with van der Waals surface area (Å²) in [5, 5.41) is 10.4. The highest BCUT2D eigenvalue weighted by Gasteiger charge is 2.32. The minimum absolute atomic E-state index is 0.0711. The Kier molecular flexibility index (Phi) is 3.78. The maximum atomic E-state index is 12.7. The highest BCUT2D eigenvalue weighted by atomic mass is 19.4. The third kappa shape index (κ3) is 3.40. The van der Waals surface area contributed by atoms with Crippen LogP contribution in [0.1, 0.15) is 11.1 Å². The van der Waals surface area contributed by atoms with E-state index in [9.17, 15) is 18.0 Å². The topological polar surface area (TPSA) is 83.0 Å². The van der Waals surface area contributed by atoms with Gasteiger partial charge in [0, 0.05) is 5.56 Å². The monoisotopic (exact) mass is 283 g/mol. The third-order valence-corrected chi connectivity index (χ3v) is 2.21. The number of aromatic nitrogens is 3. The summed E-state index contributed by atoms with van der Waals surface area (Å²) in [5.41, 5.74) is 0.860. The van der Waals surface area contributed by atoms with Gasteiger partial charge in [0.2, 0.25) is 5.95 Å². The van der Waals surface area contributed by atoms with E-state index < -0.39 is 17.3 Å². The number of rotatable bonds is 3. The van der Waals surface area contributed by atoms with Crippen LogP contribution in [0.4, 0.5) is 19.1 Å². The zero-order valence-electron chi connectivity index (χ0n) is 9.85. The van der Waals surface area contributed by atoms with Gasteiger partial charge in [0.15, 0.2) is 0 Å². The molecule has 2 rings (SSSR count). The first-order valence-electron chi connectivity index (χ1n) is 5.34. The molecular formula is C11H8F3N5O. The number of anilines is 1. The summed E-state index contributed by atoms with van der Waals surface area (Å²) in [6.45, 7) is 0. The van der Waals surface area contributed by atoms with E-state index in [1.54, 1.807) is 0 Å². The Bertz CT molecular complexity index is 680. The average molecular weight is 283 g/mol. The van der Waals surface area contributed by atoms with Gasteiger partial charge < -0.3 is 0 Å². The highest BCUT2D eigenvalue weighted by molar-refractivity contribution is 5.82. The van der Waals surface area contributed by atoms with Crippen LogP contribution >= 0.6 is 0 Å². The molecule has 2 N–H and O–H groups in total. The van der Waals surface area contributed by atoms with E-state index >= 15 is 0 Å². The fraction of sp³-hybridized carbons (Fsp3) is 0.0909. The van der Waals surface area contributed by atoms with Crippen LogP contribution in [0.5, 0.6) is 0 Å². The van der Waals surface area contributed by atoms with Crippen LogP contribution in [0.3, 0.4) is 0 Å². The van der Waals surface area contributed by atoms with Crippen LogP contribution in [-0.4, -0.2) is 21.4 Å². The van der Waals surface area contributed by atoms with Crippen LogP contribution in [-0.2, 0) is 6.18 Å². The van der Waals surface area contributed by atoms with Gasteiger partial charge >= 0.3 is 6.18 Å². The summed E-state index contributed by atoms with van der Waals surface area (Å²) in [6.07, 6.45) is -2.53. The number of nitrogens with zero attached hydrogens (tertiary/aromatic N) is 3. The number of aromatic amines is 1. The quantitative estimate of drug-likeness (QED) is 0.662. The van der Waals surface area contributed by atoms with Crippen molar-refractivity contribution in [3.8, 4) is 0 Å². The van der Waals surface area contributed by atoms with Gasteiger partial charge in [-0.1, -0.05) is 18.2 Å². The van der Waals surface area contributed by atoms with E-state index in [1.165, 1.54) is 18.2 Å². The number of alkyl halides is 3. The Labute approximate surface area is 110 Å². The Morgan fingerprint density at radius 3 is 2.75 bits per heavy atom. The minimum Gasteiger partial charge on any atom is -0.289 e. The number of halogens is 3. The second kappa shape index (κ2) is 5.51. The zero-order chi connectivity index (χ0) is 14.6. The Morgan fingerprint density at radius 2 is 2.05 bits per heavy atom. The van der Waals surface area contributed by atoms with Crippen molar-refractivity contribution < 1.29 is 13.2 Å². The molecule has 0 saturated carbocycles. The van der Waals surface area contributed by atoms with Crippen LogP contribution < -0.4 is 11.0 Å². The molecule has 0 spiro atoms. The molecular weight excluding hydrogens is 275 g/mol.